The quantitative estimate of drug-likeness (QED) is 0.367. The Kier molecular flexibility index (Phi) is 8.64. The summed E-state index contributed by atoms with van der Waals surface area (Å²) < 4.78 is 7.64. The van der Waals surface area contributed by atoms with Gasteiger partial charge in [0.25, 0.3) is 0 Å². The van der Waals surface area contributed by atoms with Crippen LogP contribution in [0.2, 0.25) is 0 Å². The van der Waals surface area contributed by atoms with Gasteiger partial charge in [0.1, 0.15) is 12.6 Å². The van der Waals surface area contributed by atoms with Crippen molar-refractivity contribution in [2.45, 2.75) is 13.0 Å². The van der Waals surface area contributed by atoms with E-state index in [-0.39, 0.29) is 42.5 Å². The number of morpholine rings is 1. The molecule has 3 heterocycles. The number of aryl methyl sites for hydroxylation is 1. The largest absolute Gasteiger partial charge is 0.370 e. The summed E-state index contributed by atoms with van der Waals surface area (Å²) in [7, 11) is 1.89. The van der Waals surface area contributed by atoms with E-state index in [0.29, 0.717) is 31.3 Å². The maximum atomic E-state index is 12.2. The molecule has 1 saturated heterocycles. The van der Waals surface area contributed by atoms with Crippen LogP contribution < -0.4 is 10.6 Å². The Morgan fingerprint density at radius 2 is 2.29 bits per heavy atom. The van der Waals surface area contributed by atoms with Gasteiger partial charge in [0.05, 0.1) is 31.2 Å². The lowest BCUT2D eigenvalue weighted by Gasteiger charge is -2.34. The molecule has 0 bridgehead atoms. The summed E-state index contributed by atoms with van der Waals surface area (Å²) in [5.41, 5.74) is 1.69. The average Bonchev–Trinajstić information content (AvgIpc) is 3.12. The Bertz CT molecular complexity index is 781. The number of rotatable bonds is 5. The van der Waals surface area contributed by atoms with Crippen molar-refractivity contribution in [3.63, 3.8) is 0 Å². The minimum absolute atomic E-state index is 0. The first-order chi connectivity index (χ1) is 13.2. The average molecular weight is 499 g/mol. The van der Waals surface area contributed by atoms with Crippen LogP contribution in [-0.2, 0) is 16.6 Å². The number of aliphatic imine (C=N–C) groups is 1. The van der Waals surface area contributed by atoms with Crippen molar-refractivity contribution in [1.29, 1.82) is 0 Å². The first kappa shape index (κ1) is 22.1. The number of carbonyl (C=O) groups is 1. The fourth-order valence-electron chi connectivity index (χ4n) is 2.86. The number of carbonyl (C=O) groups excluding carboxylic acids is 1. The molecule has 1 atom stereocenters. The summed E-state index contributed by atoms with van der Waals surface area (Å²) in [6.45, 7) is 4.72. The summed E-state index contributed by atoms with van der Waals surface area (Å²) >= 11 is 0. The van der Waals surface area contributed by atoms with Crippen LogP contribution in [0.5, 0.6) is 0 Å². The Balaban J connectivity index is 0.00000280. The molecule has 3 rings (SSSR count). The zero-order valence-corrected chi connectivity index (χ0v) is 18.4. The van der Waals surface area contributed by atoms with Crippen molar-refractivity contribution in [1.82, 2.24) is 25.0 Å². The van der Waals surface area contributed by atoms with Crippen LogP contribution in [0.3, 0.4) is 0 Å². The monoisotopic (exact) mass is 499 g/mol. The smallest absolute Gasteiger partial charge is 0.246 e. The lowest BCUT2D eigenvalue weighted by Crippen LogP contribution is -2.48. The van der Waals surface area contributed by atoms with Gasteiger partial charge in [0.2, 0.25) is 5.91 Å². The highest BCUT2D eigenvalue weighted by molar-refractivity contribution is 14.0. The molecule has 2 aromatic heterocycles. The lowest BCUT2D eigenvalue weighted by atomic mass is 10.1. The molecule has 28 heavy (non-hydrogen) atoms. The van der Waals surface area contributed by atoms with Gasteiger partial charge in [-0.05, 0) is 19.1 Å². The Labute approximate surface area is 181 Å². The van der Waals surface area contributed by atoms with E-state index >= 15 is 0 Å². The van der Waals surface area contributed by atoms with Gasteiger partial charge in [-0.1, -0.05) is 0 Å². The molecule has 2 N–H and O–H groups in total. The topological polar surface area (TPSA) is 96.7 Å². The maximum absolute atomic E-state index is 12.2. The zero-order chi connectivity index (χ0) is 19.1. The van der Waals surface area contributed by atoms with E-state index in [4.69, 9.17) is 4.74 Å². The predicted octanol–water partition coefficient (Wildman–Crippen LogP) is 1.41. The zero-order valence-electron chi connectivity index (χ0n) is 16.0. The lowest BCUT2D eigenvalue weighted by molar-refractivity contribution is -0.114. The van der Waals surface area contributed by atoms with E-state index in [1.165, 1.54) is 0 Å². The number of anilines is 1. The number of pyridine rings is 1. The fraction of sp³-hybridized carbons (Fsp3) is 0.444. The summed E-state index contributed by atoms with van der Waals surface area (Å²) in [4.78, 5) is 22.7. The highest BCUT2D eigenvalue weighted by Crippen LogP contribution is 2.21. The Hall–Kier alpha value is -2.21. The van der Waals surface area contributed by atoms with E-state index in [1.54, 1.807) is 29.2 Å². The number of nitrogens with one attached hydrogen (secondary N) is 2. The number of halogens is 1. The fourth-order valence-corrected chi connectivity index (χ4v) is 2.86. The molecule has 1 aliphatic rings. The van der Waals surface area contributed by atoms with Gasteiger partial charge in [0, 0.05) is 38.1 Å². The highest BCUT2D eigenvalue weighted by atomic mass is 127. The third-order valence-electron chi connectivity index (χ3n) is 4.12. The first-order valence-corrected chi connectivity index (χ1v) is 8.99. The summed E-state index contributed by atoms with van der Waals surface area (Å²) in [5, 5.41) is 10.3. The SMILES string of the molecule is CCNC(=NCC(=O)Nc1cccnc1)N1CCOC(c2cnn(C)c2)C1.I. The van der Waals surface area contributed by atoms with E-state index in [1.807, 2.05) is 26.4 Å². The van der Waals surface area contributed by atoms with Gasteiger partial charge in [-0.2, -0.15) is 5.10 Å². The molecule has 0 saturated carbocycles. The Morgan fingerprint density at radius 3 is 2.96 bits per heavy atom. The standard InChI is InChI=1S/C18H25N7O2.HI/c1-3-20-18(21-11-17(26)23-15-5-4-6-19-10-15)25-7-8-27-16(13-25)14-9-22-24(2)12-14;/h4-6,9-10,12,16H,3,7-8,11,13H2,1-2H3,(H,20,21)(H,23,26);1H. The van der Waals surface area contributed by atoms with E-state index in [9.17, 15) is 4.79 Å². The number of amides is 1. The third kappa shape index (κ3) is 6.16. The van der Waals surface area contributed by atoms with Crippen molar-refractivity contribution >= 4 is 41.5 Å². The van der Waals surface area contributed by atoms with Crippen LogP contribution in [0.4, 0.5) is 5.69 Å². The summed E-state index contributed by atoms with van der Waals surface area (Å²) in [5.74, 6) is 0.520. The molecular weight excluding hydrogens is 473 g/mol. The molecule has 1 amide bonds. The van der Waals surface area contributed by atoms with Crippen molar-refractivity contribution in [2.24, 2.45) is 12.0 Å². The molecule has 0 aromatic carbocycles. The molecule has 1 aliphatic heterocycles. The van der Waals surface area contributed by atoms with Gasteiger partial charge in [0.15, 0.2) is 5.96 Å². The number of aromatic nitrogens is 3. The number of hydrogen-bond donors (Lipinski definition) is 2. The molecule has 9 nitrogen and oxygen atoms in total. The van der Waals surface area contributed by atoms with Crippen molar-refractivity contribution in [3.05, 3.63) is 42.5 Å². The van der Waals surface area contributed by atoms with E-state index in [2.05, 4.69) is 30.6 Å². The second-order valence-corrected chi connectivity index (χ2v) is 6.21. The number of guanidine groups is 1. The van der Waals surface area contributed by atoms with Crippen molar-refractivity contribution in [3.8, 4) is 0 Å². The van der Waals surface area contributed by atoms with Crippen LogP contribution >= 0.6 is 24.0 Å². The van der Waals surface area contributed by atoms with Crippen molar-refractivity contribution < 1.29 is 9.53 Å². The Morgan fingerprint density at radius 1 is 1.43 bits per heavy atom. The van der Waals surface area contributed by atoms with Gasteiger partial charge in [-0.25, -0.2) is 4.99 Å². The molecule has 0 radical (unpaired) electrons. The van der Waals surface area contributed by atoms with E-state index in [0.717, 1.165) is 12.1 Å². The molecule has 2 aromatic rings. The maximum Gasteiger partial charge on any atom is 0.246 e. The normalized spacial score (nSPS) is 17.0. The molecule has 0 spiro atoms. The first-order valence-electron chi connectivity index (χ1n) is 8.99. The predicted molar refractivity (Wildman–Crippen MR) is 118 cm³/mol. The number of ether oxygens (including phenoxy) is 1. The molecular formula is C18H26IN7O2. The molecule has 1 fully saturated rings. The van der Waals surface area contributed by atoms with Crippen LogP contribution in [-0.4, -0.2) is 64.3 Å². The van der Waals surface area contributed by atoms with Crippen LogP contribution in [0, 0.1) is 0 Å². The van der Waals surface area contributed by atoms with Crippen LogP contribution in [0.25, 0.3) is 0 Å². The molecule has 10 heteroatoms. The van der Waals surface area contributed by atoms with E-state index < -0.39 is 0 Å². The van der Waals surface area contributed by atoms with Gasteiger partial charge >= 0.3 is 0 Å². The second-order valence-electron chi connectivity index (χ2n) is 6.21. The second kappa shape index (κ2) is 11.0. The van der Waals surface area contributed by atoms with Gasteiger partial charge in [-0.15, -0.1) is 24.0 Å². The number of hydrogen-bond acceptors (Lipinski definition) is 5. The van der Waals surface area contributed by atoms with Crippen LogP contribution in [0.15, 0.2) is 41.9 Å². The van der Waals surface area contributed by atoms with Crippen molar-refractivity contribution in [2.75, 3.05) is 38.1 Å². The van der Waals surface area contributed by atoms with Crippen LogP contribution in [0.1, 0.15) is 18.6 Å². The summed E-state index contributed by atoms with van der Waals surface area (Å²) in [6.07, 6.45) is 6.97. The third-order valence-corrected chi connectivity index (χ3v) is 4.12. The minimum Gasteiger partial charge on any atom is -0.370 e. The minimum atomic E-state index is -0.185. The number of nitrogens with zero attached hydrogens (tertiary/aromatic N) is 5. The molecule has 1 unspecified atom stereocenters. The van der Waals surface area contributed by atoms with Gasteiger partial charge in [-0.3, -0.25) is 14.5 Å². The van der Waals surface area contributed by atoms with Gasteiger partial charge < -0.3 is 20.3 Å². The highest BCUT2D eigenvalue weighted by Gasteiger charge is 2.25. The molecule has 0 aliphatic carbocycles. The summed E-state index contributed by atoms with van der Waals surface area (Å²) in [6, 6.07) is 3.57. The molecule has 152 valence electrons.